The lowest BCUT2D eigenvalue weighted by Crippen LogP contribution is -1.95. The van der Waals surface area contributed by atoms with Gasteiger partial charge in [-0.05, 0) is 17.7 Å². The summed E-state index contributed by atoms with van der Waals surface area (Å²) in [6.07, 6.45) is 0. The third-order valence-electron chi connectivity index (χ3n) is 3.79. The molecule has 0 bridgehead atoms. The summed E-state index contributed by atoms with van der Waals surface area (Å²) in [6.45, 7) is 0. The van der Waals surface area contributed by atoms with Gasteiger partial charge in [-0.1, -0.05) is 66.7 Å². The normalized spacial score (nSPS) is 10.9. The van der Waals surface area contributed by atoms with E-state index in [2.05, 4.69) is 39.7 Å². The van der Waals surface area contributed by atoms with Crippen LogP contribution in [0, 0.1) is 0 Å². The Balaban J connectivity index is 2.08. The molecule has 0 aliphatic heterocycles. The number of benzene rings is 2. The first kappa shape index (κ1) is 12.7. The number of fused-ring (bicyclic) bond motifs is 1. The van der Waals surface area contributed by atoms with Gasteiger partial charge in [0.25, 0.3) is 0 Å². The average molecular weight is 285 g/mol. The van der Waals surface area contributed by atoms with Crippen molar-refractivity contribution in [3.8, 4) is 22.5 Å². The van der Waals surface area contributed by atoms with Crippen molar-refractivity contribution >= 4 is 11.5 Å². The molecule has 0 aliphatic carbocycles. The molecule has 22 heavy (non-hydrogen) atoms. The number of rotatable bonds is 2. The van der Waals surface area contributed by atoms with E-state index in [9.17, 15) is 0 Å². The van der Waals surface area contributed by atoms with E-state index in [0.29, 0.717) is 5.82 Å². The van der Waals surface area contributed by atoms with Crippen molar-refractivity contribution in [3.05, 3.63) is 78.9 Å². The van der Waals surface area contributed by atoms with Gasteiger partial charge in [0.15, 0.2) is 5.82 Å². The Kier molecular flexibility index (Phi) is 2.90. The van der Waals surface area contributed by atoms with Gasteiger partial charge < -0.3 is 5.73 Å². The minimum Gasteiger partial charge on any atom is -0.382 e. The molecule has 0 saturated carbocycles. The second-order valence-electron chi connectivity index (χ2n) is 5.18. The molecule has 0 saturated heterocycles. The zero-order valence-corrected chi connectivity index (χ0v) is 12.0. The van der Waals surface area contributed by atoms with Gasteiger partial charge in [-0.25, -0.2) is 4.98 Å². The number of imidazole rings is 1. The quantitative estimate of drug-likeness (QED) is 0.598. The molecule has 3 nitrogen and oxygen atoms in total. The Hall–Kier alpha value is -3.07. The summed E-state index contributed by atoms with van der Waals surface area (Å²) >= 11 is 0. The van der Waals surface area contributed by atoms with Crippen molar-refractivity contribution < 1.29 is 0 Å². The van der Waals surface area contributed by atoms with E-state index in [0.717, 1.165) is 28.2 Å². The SMILES string of the molecule is Nc1nc2cccc(-c3ccccc3)n2c1-c1ccccc1. The number of nitrogens with zero attached hydrogens (tertiary/aromatic N) is 2. The fourth-order valence-electron chi connectivity index (χ4n) is 2.82. The maximum Gasteiger partial charge on any atom is 0.150 e. The van der Waals surface area contributed by atoms with Crippen molar-refractivity contribution in [2.24, 2.45) is 0 Å². The molecule has 3 heteroatoms. The molecular weight excluding hydrogens is 270 g/mol. The summed E-state index contributed by atoms with van der Waals surface area (Å²) in [7, 11) is 0. The summed E-state index contributed by atoms with van der Waals surface area (Å²) in [4.78, 5) is 4.52. The van der Waals surface area contributed by atoms with Gasteiger partial charge in [-0.2, -0.15) is 0 Å². The number of pyridine rings is 1. The Morgan fingerprint density at radius 2 is 1.32 bits per heavy atom. The second-order valence-corrected chi connectivity index (χ2v) is 5.18. The highest BCUT2D eigenvalue weighted by Gasteiger charge is 2.14. The van der Waals surface area contributed by atoms with E-state index in [-0.39, 0.29) is 0 Å². The zero-order chi connectivity index (χ0) is 14.9. The van der Waals surface area contributed by atoms with Crippen molar-refractivity contribution in [2.75, 3.05) is 5.73 Å². The summed E-state index contributed by atoms with van der Waals surface area (Å²) < 4.78 is 2.12. The highest BCUT2D eigenvalue weighted by molar-refractivity contribution is 5.79. The monoisotopic (exact) mass is 285 g/mol. The molecule has 0 aliphatic rings. The Morgan fingerprint density at radius 1 is 0.682 bits per heavy atom. The van der Waals surface area contributed by atoms with Crippen LogP contribution in [0.5, 0.6) is 0 Å². The third-order valence-corrected chi connectivity index (χ3v) is 3.79. The van der Waals surface area contributed by atoms with Crippen LogP contribution >= 0.6 is 0 Å². The van der Waals surface area contributed by atoms with Gasteiger partial charge in [0.1, 0.15) is 5.65 Å². The van der Waals surface area contributed by atoms with E-state index < -0.39 is 0 Å². The zero-order valence-electron chi connectivity index (χ0n) is 12.0. The summed E-state index contributed by atoms with van der Waals surface area (Å²) in [5.41, 5.74) is 11.3. The minimum absolute atomic E-state index is 0.551. The van der Waals surface area contributed by atoms with Gasteiger partial charge in [0.2, 0.25) is 0 Å². The topological polar surface area (TPSA) is 43.3 Å². The van der Waals surface area contributed by atoms with E-state index >= 15 is 0 Å². The third kappa shape index (κ3) is 1.95. The Labute approximate surface area is 128 Å². The summed E-state index contributed by atoms with van der Waals surface area (Å²) in [6, 6.07) is 26.5. The number of anilines is 1. The predicted molar refractivity (Wildman–Crippen MR) is 90.5 cm³/mol. The summed E-state index contributed by atoms with van der Waals surface area (Å²) in [5.74, 6) is 0.551. The first-order chi connectivity index (χ1) is 10.8. The molecule has 4 rings (SSSR count). The maximum absolute atomic E-state index is 6.20. The van der Waals surface area contributed by atoms with E-state index in [1.807, 2.05) is 48.5 Å². The lowest BCUT2D eigenvalue weighted by molar-refractivity contribution is 1.20. The Morgan fingerprint density at radius 3 is 2.00 bits per heavy atom. The van der Waals surface area contributed by atoms with Crippen LogP contribution in [-0.4, -0.2) is 9.38 Å². The molecule has 2 aromatic heterocycles. The smallest absolute Gasteiger partial charge is 0.150 e. The van der Waals surface area contributed by atoms with Gasteiger partial charge in [0.05, 0.1) is 11.4 Å². The Bertz CT molecular complexity index is 925. The predicted octanol–water partition coefficient (Wildman–Crippen LogP) is 4.25. The van der Waals surface area contributed by atoms with E-state index in [4.69, 9.17) is 5.73 Å². The largest absolute Gasteiger partial charge is 0.382 e. The molecule has 2 aromatic carbocycles. The van der Waals surface area contributed by atoms with Gasteiger partial charge in [-0.3, -0.25) is 4.40 Å². The van der Waals surface area contributed by atoms with Crippen LogP contribution in [-0.2, 0) is 0 Å². The van der Waals surface area contributed by atoms with Crippen LogP contribution in [0.25, 0.3) is 28.2 Å². The number of hydrogen-bond donors (Lipinski definition) is 1. The molecule has 0 fully saturated rings. The van der Waals surface area contributed by atoms with Gasteiger partial charge in [-0.15, -0.1) is 0 Å². The molecule has 106 valence electrons. The summed E-state index contributed by atoms with van der Waals surface area (Å²) in [5, 5.41) is 0. The van der Waals surface area contributed by atoms with Crippen LogP contribution in [0.4, 0.5) is 5.82 Å². The first-order valence-corrected chi connectivity index (χ1v) is 7.22. The van der Waals surface area contributed by atoms with Crippen LogP contribution in [0.2, 0.25) is 0 Å². The number of aromatic nitrogens is 2. The van der Waals surface area contributed by atoms with Crippen LogP contribution < -0.4 is 5.73 Å². The van der Waals surface area contributed by atoms with Gasteiger partial charge >= 0.3 is 0 Å². The minimum atomic E-state index is 0.551. The maximum atomic E-state index is 6.20. The lowest BCUT2D eigenvalue weighted by atomic mass is 10.1. The number of nitrogens with two attached hydrogens (primary N) is 1. The highest BCUT2D eigenvalue weighted by atomic mass is 15.1. The molecule has 0 atom stereocenters. The average Bonchev–Trinajstić information content (AvgIpc) is 2.92. The fourth-order valence-corrected chi connectivity index (χ4v) is 2.82. The molecular formula is C19H15N3. The molecule has 0 amide bonds. The molecule has 0 spiro atoms. The molecule has 2 N–H and O–H groups in total. The molecule has 0 radical (unpaired) electrons. The van der Waals surface area contributed by atoms with Crippen LogP contribution in [0.15, 0.2) is 78.9 Å². The lowest BCUT2D eigenvalue weighted by Gasteiger charge is -2.09. The van der Waals surface area contributed by atoms with Crippen molar-refractivity contribution in [2.45, 2.75) is 0 Å². The standard InChI is InChI=1S/C19H15N3/c20-19-18(15-10-5-2-6-11-15)22-16(12-7-13-17(22)21-19)14-8-3-1-4-9-14/h1-13H,20H2. The number of hydrogen-bond acceptors (Lipinski definition) is 2. The van der Waals surface area contributed by atoms with E-state index in [1.165, 1.54) is 0 Å². The molecule has 2 heterocycles. The van der Waals surface area contributed by atoms with Crippen LogP contribution in [0.1, 0.15) is 0 Å². The van der Waals surface area contributed by atoms with Crippen LogP contribution in [0.3, 0.4) is 0 Å². The fraction of sp³-hybridized carbons (Fsp3) is 0. The highest BCUT2D eigenvalue weighted by Crippen LogP contribution is 2.31. The molecule has 4 aromatic rings. The first-order valence-electron chi connectivity index (χ1n) is 7.22. The van der Waals surface area contributed by atoms with Crippen molar-refractivity contribution in [1.82, 2.24) is 9.38 Å². The van der Waals surface area contributed by atoms with Gasteiger partial charge in [0, 0.05) is 5.56 Å². The molecule has 0 unspecified atom stereocenters. The van der Waals surface area contributed by atoms with Crippen molar-refractivity contribution in [1.29, 1.82) is 0 Å². The van der Waals surface area contributed by atoms with Crippen molar-refractivity contribution in [3.63, 3.8) is 0 Å². The van der Waals surface area contributed by atoms with E-state index in [1.54, 1.807) is 0 Å². The number of nitrogen functional groups attached to an aromatic ring is 1. The second kappa shape index (κ2) is 5.04.